The predicted molar refractivity (Wildman–Crippen MR) is 79.3 cm³/mol. The van der Waals surface area contributed by atoms with Crippen LogP contribution in [0.4, 0.5) is 0 Å². The van der Waals surface area contributed by atoms with Gasteiger partial charge in [-0.05, 0) is 24.3 Å². The number of carboxylic acids is 1. The first-order valence-corrected chi connectivity index (χ1v) is 5.84. The number of aliphatic carboxylic acids is 1. The third-order valence-corrected chi connectivity index (χ3v) is 1.97. The zero-order valence-corrected chi connectivity index (χ0v) is 10.7. The van der Waals surface area contributed by atoms with Gasteiger partial charge in [-0.1, -0.05) is 0 Å². The summed E-state index contributed by atoms with van der Waals surface area (Å²) in [6.45, 7) is 0. The van der Waals surface area contributed by atoms with Gasteiger partial charge < -0.3 is 21.1 Å². The summed E-state index contributed by atoms with van der Waals surface area (Å²) < 4.78 is 0. The number of carboxylic acid groups (broad SMARTS) is 1. The summed E-state index contributed by atoms with van der Waals surface area (Å²) in [7, 11) is 0. The van der Waals surface area contributed by atoms with Crippen LogP contribution in [0, 0.1) is 0 Å². The van der Waals surface area contributed by atoms with Crippen molar-refractivity contribution >= 4 is 12.2 Å². The maximum Gasteiger partial charge on any atom is 0.335 e. The Labute approximate surface area is 117 Å². The molecule has 1 aliphatic rings. The number of hydrogen-bond acceptors (Lipinski definition) is 5. The molecule has 20 heavy (non-hydrogen) atoms. The molecule has 0 spiro atoms. The Bertz CT molecular complexity index is 511. The van der Waals surface area contributed by atoms with Crippen LogP contribution in [-0.2, 0) is 4.79 Å². The van der Waals surface area contributed by atoms with Gasteiger partial charge in [0.25, 0.3) is 0 Å². The van der Waals surface area contributed by atoms with E-state index in [0.717, 1.165) is 0 Å². The zero-order chi connectivity index (χ0) is 14.5. The van der Waals surface area contributed by atoms with Crippen molar-refractivity contribution in [3.05, 3.63) is 73.3 Å². The lowest BCUT2D eigenvalue weighted by Gasteiger charge is -1.92. The normalized spacial score (nSPS) is 15.7. The first-order valence-electron chi connectivity index (χ1n) is 5.84. The molecule has 0 unspecified atom stereocenters. The van der Waals surface area contributed by atoms with Crippen LogP contribution >= 0.6 is 0 Å². The van der Waals surface area contributed by atoms with Crippen molar-refractivity contribution < 1.29 is 9.90 Å². The Morgan fingerprint density at radius 2 is 1.55 bits per heavy atom. The molecule has 104 valence electrons. The second-order valence-corrected chi connectivity index (χ2v) is 3.43. The van der Waals surface area contributed by atoms with Gasteiger partial charge in [-0.2, -0.15) is 0 Å². The molecule has 1 heterocycles. The number of hydrogen-bond donors (Lipinski definition) is 4. The van der Waals surface area contributed by atoms with Crippen LogP contribution in [0.3, 0.4) is 0 Å². The molecule has 1 rings (SSSR count). The monoisotopic (exact) mass is 272 g/mol. The van der Waals surface area contributed by atoms with E-state index in [0.29, 0.717) is 0 Å². The Morgan fingerprint density at radius 3 is 2.20 bits per heavy atom. The average Bonchev–Trinajstić information content (AvgIpc) is 2.43. The second-order valence-electron chi connectivity index (χ2n) is 3.43. The van der Waals surface area contributed by atoms with Gasteiger partial charge in [-0.3, -0.25) is 4.99 Å². The van der Waals surface area contributed by atoms with Crippen molar-refractivity contribution in [3.63, 3.8) is 0 Å². The lowest BCUT2D eigenvalue weighted by atomic mass is 10.2. The fourth-order valence-corrected chi connectivity index (χ4v) is 1.09. The summed E-state index contributed by atoms with van der Waals surface area (Å²) in [6, 6.07) is 0. The van der Waals surface area contributed by atoms with E-state index in [2.05, 4.69) is 20.9 Å². The van der Waals surface area contributed by atoms with Gasteiger partial charge in [0.05, 0.1) is 5.57 Å². The number of carbonyl (C=O) groups is 1. The van der Waals surface area contributed by atoms with E-state index >= 15 is 0 Å². The van der Waals surface area contributed by atoms with E-state index in [1.807, 2.05) is 0 Å². The van der Waals surface area contributed by atoms with Crippen LogP contribution in [0.2, 0.25) is 0 Å². The summed E-state index contributed by atoms with van der Waals surface area (Å²) in [5.74, 6) is -1.02. The number of nitrogens with one attached hydrogen (secondary N) is 3. The number of aliphatic imine (C=N–C) groups is 1. The largest absolute Gasteiger partial charge is 0.478 e. The molecule has 0 saturated carbocycles. The SMILES string of the molecule is O=C(O)C1=CC=CNC=CNC=CNC=CC=NC=C1. The quantitative estimate of drug-likeness (QED) is 0.578. The number of allylic oxidation sites excluding steroid dienone is 3. The van der Waals surface area contributed by atoms with Crippen molar-refractivity contribution in [2.75, 3.05) is 0 Å². The smallest absolute Gasteiger partial charge is 0.335 e. The predicted octanol–water partition coefficient (Wildman–Crippen LogP) is 1.33. The fraction of sp³-hybridized carbons (Fsp3) is 0. The fourth-order valence-electron chi connectivity index (χ4n) is 1.09. The van der Waals surface area contributed by atoms with E-state index in [9.17, 15) is 4.79 Å². The molecule has 0 saturated heterocycles. The molecule has 6 heteroatoms. The van der Waals surface area contributed by atoms with E-state index in [-0.39, 0.29) is 5.57 Å². The molecule has 0 fully saturated rings. The zero-order valence-electron chi connectivity index (χ0n) is 10.7. The highest BCUT2D eigenvalue weighted by Crippen LogP contribution is 1.98. The molecule has 1 aliphatic heterocycles. The van der Waals surface area contributed by atoms with Crippen molar-refractivity contribution in [2.24, 2.45) is 4.99 Å². The Morgan fingerprint density at radius 1 is 0.950 bits per heavy atom. The first-order chi connectivity index (χ1) is 9.80. The summed E-state index contributed by atoms with van der Waals surface area (Å²) in [5, 5.41) is 17.6. The molecule has 0 atom stereocenters. The molecule has 0 bridgehead atoms. The highest BCUT2D eigenvalue weighted by molar-refractivity contribution is 5.90. The van der Waals surface area contributed by atoms with Crippen LogP contribution in [-0.4, -0.2) is 17.3 Å². The molecule has 0 aromatic carbocycles. The Balaban J connectivity index is 2.80. The Hall–Kier alpha value is -3.02. The minimum atomic E-state index is -1.02. The van der Waals surface area contributed by atoms with Crippen molar-refractivity contribution in [1.29, 1.82) is 0 Å². The molecule has 0 amide bonds. The number of rotatable bonds is 1. The van der Waals surface area contributed by atoms with Gasteiger partial charge in [0.1, 0.15) is 0 Å². The van der Waals surface area contributed by atoms with Crippen LogP contribution in [0.1, 0.15) is 0 Å². The third kappa shape index (κ3) is 7.33. The molecular formula is C14H16N4O2. The highest BCUT2D eigenvalue weighted by Gasteiger charge is 1.99. The van der Waals surface area contributed by atoms with Crippen LogP contribution in [0.5, 0.6) is 0 Å². The number of nitrogens with zero attached hydrogens (tertiary/aromatic N) is 1. The van der Waals surface area contributed by atoms with E-state index in [1.54, 1.807) is 55.6 Å². The van der Waals surface area contributed by atoms with Crippen LogP contribution in [0.15, 0.2) is 78.3 Å². The third-order valence-electron chi connectivity index (χ3n) is 1.97. The Kier molecular flexibility index (Phi) is 7.49. The van der Waals surface area contributed by atoms with Crippen molar-refractivity contribution in [2.45, 2.75) is 0 Å². The van der Waals surface area contributed by atoms with Gasteiger partial charge in [-0.25, -0.2) is 4.79 Å². The first kappa shape index (κ1) is 15.0. The van der Waals surface area contributed by atoms with Gasteiger partial charge in [0.2, 0.25) is 0 Å². The second kappa shape index (κ2) is 9.95. The highest BCUT2D eigenvalue weighted by atomic mass is 16.4. The summed E-state index contributed by atoms with van der Waals surface area (Å²) >= 11 is 0. The standard InChI is InChI=1S/C14H16N4O2/c19-14(20)13-3-1-5-16-9-11-18-12-10-17-7-2-6-15-8-4-13/h1-12,16-18H,(H,19,20). The van der Waals surface area contributed by atoms with Gasteiger partial charge in [-0.15, -0.1) is 0 Å². The maximum absolute atomic E-state index is 11.0. The van der Waals surface area contributed by atoms with Crippen LogP contribution < -0.4 is 16.0 Å². The lowest BCUT2D eigenvalue weighted by Crippen LogP contribution is -2.00. The molecule has 0 aliphatic carbocycles. The lowest BCUT2D eigenvalue weighted by molar-refractivity contribution is -0.132. The van der Waals surface area contributed by atoms with Crippen molar-refractivity contribution in [1.82, 2.24) is 16.0 Å². The average molecular weight is 272 g/mol. The molecular weight excluding hydrogens is 256 g/mol. The molecule has 0 aromatic heterocycles. The minimum Gasteiger partial charge on any atom is -0.478 e. The van der Waals surface area contributed by atoms with Crippen molar-refractivity contribution in [3.8, 4) is 0 Å². The van der Waals surface area contributed by atoms with Gasteiger partial charge in [0.15, 0.2) is 0 Å². The summed E-state index contributed by atoms with van der Waals surface area (Å²) in [5.41, 5.74) is 0.135. The molecule has 0 radical (unpaired) electrons. The molecule has 6 nitrogen and oxygen atoms in total. The topological polar surface area (TPSA) is 85.8 Å². The van der Waals surface area contributed by atoms with Gasteiger partial charge in [0, 0.05) is 49.6 Å². The van der Waals surface area contributed by atoms with Crippen LogP contribution in [0.25, 0.3) is 0 Å². The minimum absolute atomic E-state index is 0.135. The van der Waals surface area contributed by atoms with E-state index in [4.69, 9.17) is 5.11 Å². The van der Waals surface area contributed by atoms with Gasteiger partial charge >= 0.3 is 5.97 Å². The maximum atomic E-state index is 11.0. The van der Waals surface area contributed by atoms with E-state index < -0.39 is 5.97 Å². The summed E-state index contributed by atoms with van der Waals surface area (Å²) in [4.78, 5) is 14.9. The van der Waals surface area contributed by atoms with E-state index in [1.165, 1.54) is 18.4 Å². The molecule has 4 N–H and O–H groups in total. The summed E-state index contributed by atoms with van der Waals surface area (Å²) in [6.07, 6.45) is 19.2. The molecule has 0 aromatic rings.